The normalized spacial score (nSPS) is 18.0. The molecule has 0 aliphatic heterocycles. The Morgan fingerprint density at radius 3 is 2.69 bits per heavy atom. The molecule has 0 radical (unpaired) electrons. The second-order valence-corrected chi connectivity index (χ2v) is 8.52. The van der Waals surface area contributed by atoms with Gasteiger partial charge in [0.15, 0.2) is 0 Å². The average molecular weight is 417 g/mol. The summed E-state index contributed by atoms with van der Waals surface area (Å²) in [5.41, 5.74) is 1.68. The van der Waals surface area contributed by atoms with Gasteiger partial charge in [0, 0.05) is 28.9 Å². The van der Waals surface area contributed by atoms with E-state index < -0.39 is 5.91 Å². The molecule has 1 amide bonds. The van der Waals surface area contributed by atoms with Crippen molar-refractivity contribution in [3.8, 4) is 0 Å². The Bertz CT molecular complexity index is 996. The Hall–Kier alpha value is -2.34. The molecule has 0 unspecified atom stereocenters. The molecule has 1 aromatic heterocycles. The van der Waals surface area contributed by atoms with Gasteiger partial charge in [-0.05, 0) is 29.5 Å². The lowest BCUT2D eigenvalue weighted by Crippen LogP contribution is -2.33. The van der Waals surface area contributed by atoms with Crippen LogP contribution in [-0.2, 0) is 0 Å². The second kappa shape index (κ2) is 6.76. The number of carbonyl (C=O) groups is 1. The Kier molecular flexibility index (Phi) is 4.80. The number of aromatic nitrogens is 1. The number of fused-ring (bicyclic) bond motifs is 1. The predicted molar refractivity (Wildman–Crippen MR) is 107 cm³/mol. The van der Waals surface area contributed by atoms with Crippen molar-refractivity contribution in [2.45, 2.75) is 32.0 Å². The van der Waals surface area contributed by atoms with Crippen LogP contribution in [-0.4, -0.2) is 20.8 Å². The molecule has 136 valence electrons. The van der Waals surface area contributed by atoms with Crippen LogP contribution >= 0.6 is 15.9 Å². The number of nitrogens with one attached hydrogen (secondary N) is 2. The van der Waals surface area contributed by atoms with E-state index in [2.05, 4.69) is 26.2 Å². The number of alkyl halides is 1. The third-order valence-electron chi connectivity index (χ3n) is 4.52. The number of carbonyl (C=O) groups excluding carboxylic acids is 1. The fourth-order valence-corrected chi connectivity index (χ4v) is 3.63. The lowest BCUT2D eigenvalue weighted by atomic mass is 9.80. The van der Waals surface area contributed by atoms with Gasteiger partial charge >= 0.3 is 0 Å². The van der Waals surface area contributed by atoms with E-state index >= 15 is 0 Å². The van der Waals surface area contributed by atoms with Gasteiger partial charge in [-0.25, -0.2) is 0 Å². The van der Waals surface area contributed by atoms with Gasteiger partial charge in [-0.3, -0.25) is 9.59 Å². The van der Waals surface area contributed by atoms with E-state index in [0.29, 0.717) is 23.0 Å². The summed E-state index contributed by atoms with van der Waals surface area (Å²) in [5, 5.41) is 13.6. The van der Waals surface area contributed by atoms with Crippen LogP contribution in [0.25, 0.3) is 10.9 Å². The number of pyridine rings is 1. The molecular weight excluding hydrogens is 396 g/mol. The van der Waals surface area contributed by atoms with E-state index in [-0.39, 0.29) is 27.0 Å². The third-order valence-corrected chi connectivity index (χ3v) is 5.34. The molecule has 2 aromatic rings. The highest BCUT2D eigenvalue weighted by Crippen LogP contribution is 2.37. The summed E-state index contributed by atoms with van der Waals surface area (Å²) in [6.07, 6.45) is 3.55. The van der Waals surface area contributed by atoms with Crippen LogP contribution in [0.3, 0.4) is 0 Å². The zero-order valence-corrected chi connectivity index (χ0v) is 16.5. The molecular formula is C20H21BrN2O3. The smallest absolute Gasteiger partial charge is 0.260 e. The highest BCUT2D eigenvalue weighted by molar-refractivity contribution is 9.09. The summed E-state index contributed by atoms with van der Waals surface area (Å²) < 4.78 is 0. The number of rotatable bonds is 2. The number of hydrogen-bond donors (Lipinski definition) is 3. The minimum atomic E-state index is -0.500. The highest BCUT2D eigenvalue weighted by atomic mass is 79.9. The minimum Gasteiger partial charge on any atom is -0.508 e. The number of halogens is 1. The first-order chi connectivity index (χ1) is 12.2. The van der Waals surface area contributed by atoms with E-state index in [1.54, 1.807) is 24.3 Å². The van der Waals surface area contributed by atoms with Crippen LogP contribution in [0.4, 0.5) is 0 Å². The molecule has 1 aliphatic carbocycles. The van der Waals surface area contributed by atoms with Gasteiger partial charge in [-0.15, -0.1) is 0 Å². The summed E-state index contributed by atoms with van der Waals surface area (Å²) in [6, 6.07) is 7.05. The van der Waals surface area contributed by atoms with Gasteiger partial charge in [0.25, 0.3) is 5.91 Å². The van der Waals surface area contributed by atoms with Crippen LogP contribution in [0, 0.1) is 5.41 Å². The van der Waals surface area contributed by atoms with Gasteiger partial charge in [-0.1, -0.05) is 48.8 Å². The van der Waals surface area contributed by atoms with Gasteiger partial charge in [-0.2, -0.15) is 0 Å². The van der Waals surface area contributed by atoms with Gasteiger partial charge in [0.1, 0.15) is 11.3 Å². The third kappa shape index (κ3) is 3.46. The number of para-hydroxylation sites is 1. The fourth-order valence-electron chi connectivity index (χ4n) is 3.06. The average Bonchev–Trinajstić information content (AvgIpc) is 2.57. The lowest BCUT2D eigenvalue weighted by molar-refractivity contribution is 0.0963. The second-order valence-electron chi connectivity index (χ2n) is 7.42. The number of aliphatic hydroxyl groups excluding tert-OH is 1. The molecule has 1 aliphatic rings. The molecule has 1 heterocycles. The van der Waals surface area contributed by atoms with Gasteiger partial charge < -0.3 is 15.4 Å². The van der Waals surface area contributed by atoms with Crippen molar-refractivity contribution >= 4 is 32.7 Å². The van der Waals surface area contributed by atoms with Crippen molar-refractivity contribution in [1.29, 1.82) is 0 Å². The number of amides is 1. The first-order valence-corrected chi connectivity index (χ1v) is 9.30. The van der Waals surface area contributed by atoms with E-state index in [9.17, 15) is 14.7 Å². The first kappa shape index (κ1) is 18.5. The molecule has 1 atom stereocenters. The van der Waals surface area contributed by atoms with Crippen LogP contribution < -0.4 is 10.7 Å². The Labute approximate surface area is 159 Å². The molecule has 3 N–H and O–H groups in total. The molecule has 0 saturated heterocycles. The summed E-state index contributed by atoms with van der Waals surface area (Å²) in [5.74, 6) is -0.337. The quantitative estimate of drug-likeness (QED) is 0.642. The standard InChI is InChI=1S/C20H21BrN2O3/c1-20(2,3)13-8-14(21)16(9-17(13)24)23-19(26)12-10-22-15-7-5-4-6-11(15)18(12)25/h4-7,9-10,14,24H,8H2,1-3H3,(H,22,25)(H,23,26)/t14-/m0/s1. The van der Waals surface area contributed by atoms with Crippen molar-refractivity contribution in [2.75, 3.05) is 0 Å². The van der Waals surface area contributed by atoms with Crippen molar-refractivity contribution in [2.24, 2.45) is 5.41 Å². The fraction of sp³-hybridized carbons (Fsp3) is 0.300. The minimum absolute atomic E-state index is 0.0365. The van der Waals surface area contributed by atoms with Crippen LogP contribution in [0.15, 0.2) is 58.4 Å². The summed E-state index contributed by atoms with van der Waals surface area (Å²) in [7, 11) is 0. The number of allylic oxidation sites excluding steroid dienone is 3. The van der Waals surface area contributed by atoms with Gasteiger partial charge in [0.05, 0.1) is 4.83 Å². The predicted octanol–water partition coefficient (Wildman–Crippen LogP) is 4.17. The Morgan fingerprint density at radius 2 is 2.00 bits per heavy atom. The van der Waals surface area contributed by atoms with E-state index in [0.717, 1.165) is 5.57 Å². The Balaban J connectivity index is 1.92. The molecule has 6 heteroatoms. The molecule has 5 nitrogen and oxygen atoms in total. The highest BCUT2D eigenvalue weighted by Gasteiger charge is 2.29. The van der Waals surface area contributed by atoms with E-state index in [1.807, 2.05) is 26.8 Å². The van der Waals surface area contributed by atoms with Crippen molar-refractivity contribution in [1.82, 2.24) is 10.3 Å². The molecule has 0 spiro atoms. The lowest BCUT2D eigenvalue weighted by Gasteiger charge is -2.30. The maximum absolute atomic E-state index is 12.6. The largest absolute Gasteiger partial charge is 0.508 e. The molecule has 26 heavy (non-hydrogen) atoms. The molecule has 1 aromatic carbocycles. The van der Waals surface area contributed by atoms with Crippen molar-refractivity contribution in [3.05, 3.63) is 69.4 Å². The monoisotopic (exact) mass is 416 g/mol. The Morgan fingerprint density at radius 1 is 1.31 bits per heavy atom. The van der Waals surface area contributed by atoms with Crippen LogP contribution in [0.1, 0.15) is 37.6 Å². The topological polar surface area (TPSA) is 82.2 Å². The number of aliphatic hydroxyl groups is 1. The molecule has 0 bridgehead atoms. The summed E-state index contributed by atoms with van der Waals surface area (Å²) in [4.78, 5) is 28.0. The molecule has 0 fully saturated rings. The summed E-state index contributed by atoms with van der Waals surface area (Å²) in [6.45, 7) is 6.10. The zero-order valence-electron chi connectivity index (χ0n) is 14.9. The maximum Gasteiger partial charge on any atom is 0.260 e. The number of hydrogen-bond acceptors (Lipinski definition) is 3. The first-order valence-electron chi connectivity index (χ1n) is 8.38. The van der Waals surface area contributed by atoms with Crippen LogP contribution in [0.5, 0.6) is 0 Å². The van der Waals surface area contributed by atoms with Gasteiger partial charge in [0.2, 0.25) is 5.43 Å². The van der Waals surface area contributed by atoms with Crippen molar-refractivity contribution < 1.29 is 9.90 Å². The van der Waals surface area contributed by atoms with E-state index in [1.165, 1.54) is 6.20 Å². The molecule has 0 saturated carbocycles. The number of aromatic amines is 1. The zero-order chi connectivity index (χ0) is 19.1. The van der Waals surface area contributed by atoms with Crippen molar-refractivity contribution in [3.63, 3.8) is 0 Å². The SMILES string of the molecule is CC(C)(C)C1=C(O)C=C(NC(=O)c2c[nH]c3ccccc3c2=O)[C@@H](Br)C1. The van der Waals surface area contributed by atoms with Crippen LogP contribution in [0.2, 0.25) is 0 Å². The summed E-state index contributed by atoms with van der Waals surface area (Å²) >= 11 is 3.56. The van der Waals surface area contributed by atoms with E-state index in [4.69, 9.17) is 0 Å². The number of benzene rings is 1. The maximum atomic E-state index is 12.6. The molecule has 3 rings (SSSR count). The number of H-pyrrole nitrogens is 1.